The van der Waals surface area contributed by atoms with Gasteiger partial charge in [0.15, 0.2) is 0 Å². The van der Waals surface area contributed by atoms with Gasteiger partial charge >= 0.3 is 0 Å². The molecule has 0 heterocycles. The van der Waals surface area contributed by atoms with Gasteiger partial charge in [-0.25, -0.2) is 0 Å². The second-order valence-corrected chi connectivity index (χ2v) is 3.60. The van der Waals surface area contributed by atoms with Gasteiger partial charge in [0, 0.05) is 0 Å². The Morgan fingerprint density at radius 2 is 2.30 bits per heavy atom. The molecule has 0 saturated heterocycles. The minimum absolute atomic E-state index is 0.0213. The second kappa shape index (κ2) is 4.56. The molecule has 1 nitrogen and oxygen atoms in total. The zero-order valence-electron chi connectivity index (χ0n) is 6.92. The summed E-state index contributed by atoms with van der Waals surface area (Å²) in [6.45, 7) is 7.66. The summed E-state index contributed by atoms with van der Waals surface area (Å²) in [6.07, 6.45) is 7.18. The normalized spacial score (nSPS) is 17.1. The van der Waals surface area contributed by atoms with E-state index in [0.29, 0.717) is 0 Å². The van der Waals surface area contributed by atoms with E-state index in [1.54, 1.807) is 11.8 Å². The maximum atomic E-state index is 4.04. The molecule has 0 radical (unpaired) electrons. The molecule has 0 amide bonds. The molecule has 0 N–H and O–H groups in total. The average molecular weight is 157 g/mol. The highest BCUT2D eigenvalue weighted by Gasteiger charge is 2.17. The summed E-state index contributed by atoms with van der Waals surface area (Å²) in [5.41, 5.74) is 0. The van der Waals surface area contributed by atoms with Crippen molar-refractivity contribution in [3.63, 3.8) is 0 Å². The number of allylic oxidation sites excluding steroid dienone is 1. The van der Waals surface area contributed by atoms with Gasteiger partial charge in [0.05, 0.1) is 0 Å². The summed E-state index contributed by atoms with van der Waals surface area (Å²) in [5, 5.41) is 0. The first-order valence-corrected chi connectivity index (χ1v) is 4.55. The summed E-state index contributed by atoms with van der Waals surface area (Å²) in [4.78, 5) is 4.02. The molecule has 0 bridgehead atoms. The lowest BCUT2D eigenvalue weighted by atomic mass is 10.2. The van der Waals surface area contributed by atoms with Gasteiger partial charge in [-0.15, -0.1) is 11.8 Å². The van der Waals surface area contributed by atoms with Gasteiger partial charge in [0.1, 0.15) is 4.87 Å². The summed E-state index contributed by atoms with van der Waals surface area (Å²) in [7, 11) is 0. The van der Waals surface area contributed by atoms with E-state index in [4.69, 9.17) is 0 Å². The third-order valence-electron chi connectivity index (χ3n) is 1.51. The third kappa shape index (κ3) is 3.06. The Hall–Kier alpha value is -0.240. The number of hydrogen-bond acceptors (Lipinski definition) is 2. The van der Waals surface area contributed by atoms with Gasteiger partial charge in [-0.2, -0.15) is 0 Å². The van der Waals surface area contributed by atoms with Crippen molar-refractivity contribution >= 4 is 18.5 Å². The van der Waals surface area contributed by atoms with Gasteiger partial charge in [0.25, 0.3) is 0 Å². The van der Waals surface area contributed by atoms with E-state index in [2.05, 4.69) is 31.0 Å². The van der Waals surface area contributed by atoms with Crippen LogP contribution < -0.4 is 0 Å². The molecule has 0 aliphatic carbocycles. The van der Waals surface area contributed by atoms with Crippen molar-refractivity contribution in [1.82, 2.24) is 0 Å². The van der Waals surface area contributed by atoms with Crippen molar-refractivity contribution < 1.29 is 0 Å². The van der Waals surface area contributed by atoms with Crippen molar-refractivity contribution in [3.8, 4) is 0 Å². The largest absolute Gasteiger partial charge is 0.283 e. The average Bonchev–Trinajstić information content (AvgIpc) is 2.00. The molecule has 2 heteroatoms. The number of aliphatic imine (C=N–C) groups is 1. The standard InChI is InChI=1S/C8H15NS/c1-5-6-7-8(2,9-3)10-4/h5-6H,3,7H2,1-2,4H3/b6-5-. The Bertz CT molecular complexity index is 131. The van der Waals surface area contributed by atoms with Crippen LogP contribution in [0.5, 0.6) is 0 Å². The van der Waals surface area contributed by atoms with Crippen LogP contribution in [0.2, 0.25) is 0 Å². The molecular formula is C8H15NS. The predicted molar refractivity (Wildman–Crippen MR) is 50.9 cm³/mol. The zero-order valence-corrected chi connectivity index (χ0v) is 7.74. The lowest BCUT2D eigenvalue weighted by Gasteiger charge is -2.19. The van der Waals surface area contributed by atoms with E-state index in [-0.39, 0.29) is 4.87 Å². The molecule has 0 aromatic rings. The van der Waals surface area contributed by atoms with E-state index in [0.717, 1.165) is 6.42 Å². The predicted octanol–water partition coefficient (Wildman–Crippen LogP) is 2.73. The van der Waals surface area contributed by atoms with E-state index < -0.39 is 0 Å². The molecule has 1 atom stereocenters. The van der Waals surface area contributed by atoms with Gasteiger partial charge in [-0.05, 0) is 33.2 Å². The quantitative estimate of drug-likeness (QED) is 0.451. The van der Waals surface area contributed by atoms with Crippen molar-refractivity contribution in [2.24, 2.45) is 4.99 Å². The van der Waals surface area contributed by atoms with Crippen LogP contribution >= 0.6 is 11.8 Å². The molecule has 0 rings (SSSR count). The molecule has 0 fully saturated rings. The van der Waals surface area contributed by atoms with E-state index in [1.165, 1.54) is 0 Å². The Morgan fingerprint density at radius 3 is 2.60 bits per heavy atom. The fraction of sp³-hybridized carbons (Fsp3) is 0.625. The monoisotopic (exact) mass is 157 g/mol. The summed E-state index contributed by atoms with van der Waals surface area (Å²) in [6, 6.07) is 0. The number of rotatable bonds is 4. The number of thioether (sulfide) groups is 1. The lowest BCUT2D eigenvalue weighted by molar-refractivity contribution is 0.699. The Balaban J connectivity index is 3.92. The fourth-order valence-electron chi connectivity index (χ4n) is 0.549. The van der Waals surface area contributed by atoms with E-state index in [1.807, 2.05) is 13.0 Å². The molecule has 10 heavy (non-hydrogen) atoms. The van der Waals surface area contributed by atoms with Crippen LogP contribution in [0.15, 0.2) is 17.1 Å². The van der Waals surface area contributed by atoms with Crippen LogP contribution in [0.25, 0.3) is 0 Å². The molecular weight excluding hydrogens is 142 g/mol. The number of nitrogens with zero attached hydrogens (tertiary/aromatic N) is 1. The van der Waals surface area contributed by atoms with Crippen molar-refractivity contribution in [1.29, 1.82) is 0 Å². The van der Waals surface area contributed by atoms with Crippen LogP contribution in [0.4, 0.5) is 0 Å². The Morgan fingerprint density at radius 1 is 1.70 bits per heavy atom. The molecule has 0 saturated carbocycles. The third-order valence-corrected chi connectivity index (χ3v) is 2.68. The highest BCUT2D eigenvalue weighted by atomic mass is 32.2. The topological polar surface area (TPSA) is 12.4 Å². The van der Waals surface area contributed by atoms with Crippen LogP contribution in [-0.4, -0.2) is 17.8 Å². The summed E-state index contributed by atoms with van der Waals surface area (Å²) in [5.74, 6) is 0. The van der Waals surface area contributed by atoms with Crippen molar-refractivity contribution in [3.05, 3.63) is 12.2 Å². The first-order valence-electron chi connectivity index (χ1n) is 3.32. The molecule has 0 aliphatic rings. The smallest absolute Gasteiger partial charge is 0.105 e. The minimum atomic E-state index is -0.0213. The minimum Gasteiger partial charge on any atom is -0.283 e. The Kier molecular flexibility index (Phi) is 4.45. The SMILES string of the molecule is C=NC(C)(C/C=C\C)SC. The summed E-state index contributed by atoms with van der Waals surface area (Å²) < 4.78 is 0. The van der Waals surface area contributed by atoms with Crippen molar-refractivity contribution in [2.75, 3.05) is 6.26 Å². The van der Waals surface area contributed by atoms with Crippen LogP contribution in [0.1, 0.15) is 20.3 Å². The maximum Gasteiger partial charge on any atom is 0.105 e. The van der Waals surface area contributed by atoms with E-state index >= 15 is 0 Å². The number of hydrogen-bond donors (Lipinski definition) is 0. The molecule has 0 aromatic heterocycles. The summed E-state index contributed by atoms with van der Waals surface area (Å²) >= 11 is 1.73. The van der Waals surface area contributed by atoms with E-state index in [9.17, 15) is 0 Å². The lowest BCUT2D eigenvalue weighted by Crippen LogP contribution is -2.13. The van der Waals surface area contributed by atoms with Crippen LogP contribution in [0, 0.1) is 0 Å². The van der Waals surface area contributed by atoms with Gasteiger partial charge in [-0.3, -0.25) is 4.99 Å². The molecule has 58 valence electrons. The molecule has 0 aliphatic heterocycles. The first kappa shape index (κ1) is 9.76. The van der Waals surface area contributed by atoms with Gasteiger partial charge in [0.2, 0.25) is 0 Å². The first-order chi connectivity index (χ1) is 4.68. The Labute approximate surface area is 67.6 Å². The van der Waals surface area contributed by atoms with Crippen LogP contribution in [-0.2, 0) is 0 Å². The van der Waals surface area contributed by atoms with Gasteiger partial charge < -0.3 is 0 Å². The highest BCUT2D eigenvalue weighted by molar-refractivity contribution is 7.99. The van der Waals surface area contributed by atoms with Crippen molar-refractivity contribution in [2.45, 2.75) is 25.1 Å². The molecule has 0 aromatic carbocycles. The fourth-order valence-corrected chi connectivity index (χ4v) is 0.941. The molecule has 1 unspecified atom stereocenters. The second-order valence-electron chi connectivity index (χ2n) is 2.31. The molecule has 0 spiro atoms. The highest BCUT2D eigenvalue weighted by Crippen LogP contribution is 2.27. The van der Waals surface area contributed by atoms with Crippen LogP contribution in [0.3, 0.4) is 0 Å². The van der Waals surface area contributed by atoms with Gasteiger partial charge in [-0.1, -0.05) is 12.2 Å². The zero-order chi connectivity index (χ0) is 8.04. The maximum absolute atomic E-state index is 4.04.